The normalized spacial score (nSPS) is 9.80. The van der Waals surface area contributed by atoms with Crippen LogP contribution in [-0.2, 0) is 4.79 Å². The number of anilines is 1. The van der Waals surface area contributed by atoms with Crippen molar-refractivity contribution in [1.29, 1.82) is 0 Å². The molecule has 0 radical (unpaired) electrons. The lowest BCUT2D eigenvalue weighted by molar-refractivity contribution is -0.116. The van der Waals surface area contributed by atoms with Crippen LogP contribution in [0.4, 0.5) is 5.69 Å². The highest BCUT2D eigenvalue weighted by Gasteiger charge is 2.08. The fourth-order valence-corrected chi connectivity index (χ4v) is 1.27. The molecule has 1 aromatic carbocycles. The summed E-state index contributed by atoms with van der Waals surface area (Å²) < 4.78 is 0. The van der Waals surface area contributed by atoms with Gasteiger partial charge in [-0.1, -0.05) is 19.1 Å². The zero-order valence-electron chi connectivity index (χ0n) is 9.28. The Morgan fingerprint density at radius 1 is 1.33 bits per heavy atom. The van der Waals surface area contributed by atoms with E-state index in [0.29, 0.717) is 12.0 Å². The molecular formula is C12H15NO2. The molecule has 0 atom stereocenters. The molecule has 0 fully saturated rings. The summed E-state index contributed by atoms with van der Waals surface area (Å²) in [7, 11) is 1.69. The number of nitrogens with zero attached hydrogens (tertiary/aromatic N) is 1. The molecular weight excluding hydrogens is 190 g/mol. The van der Waals surface area contributed by atoms with E-state index in [9.17, 15) is 9.59 Å². The highest BCUT2D eigenvalue weighted by molar-refractivity contribution is 5.98. The average Bonchev–Trinajstić information content (AvgIpc) is 2.27. The van der Waals surface area contributed by atoms with Crippen LogP contribution in [0.25, 0.3) is 0 Å². The zero-order valence-corrected chi connectivity index (χ0v) is 9.28. The van der Waals surface area contributed by atoms with E-state index in [0.717, 1.165) is 5.69 Å². The molecule has 0 bridgehead atoms. The van der Waals surface area contributed by atoms with Gasteiger partial charge >= 0.3 is 0 Å². The van der Waals surface area contributed by atoms with E-state index in [4.69, 9.17) is 0 Å². The van der Waals surface area contributed by atoms with Crippen molar-refractivity contribution in [3.8, 4) is 0 Å². The summed E-state index contributed by atoms with van der Waals surface area (Å²) in [5, 5.41) is 0. The first kappa shape index (κ1) is 11.4. The Balaban J connectivity index is 3.02. The van der Waals surface area contributed by atoms with Gasteiger partial charge in [0.15, 0.2) is 5.78 Å². The van der Waals surface area contributed by atoms with Gasteiger partial charge in [0.25, 0.3) is 0 Å². The number of amides is 1. The van der Waals surface area contributed by atoms with Gasteiger partial charge in [-0.05, 0) is 12.1 Å². The van der Waals surface area contributed by atoms with Crippen molar-refractivity contribution < 1.29 is 9.59 Å². The highest BCUT2D eigenvalue weighted by atomic mass is 16.2. The maximum atomic E-state index is 11.5. The molecule has 0 saturated heterocycles. The predicted molar refractivity (Wildman–Crippen MR) is 60.1 cm³/mol. The molecule has 0 aliphatic heterocycles. The Morgan fingerprint density at radius 3 is 2.53 bits per heavy atom. The van der Waals surface area contributed by atoms with Crippen LogP contribution in [0, 0.1) is 0 Å². The third kappa shape index (κ3) is 2.65. The van der Waals surface area contributed by atoms with Crippen molar-refractivity contribution in [2.24, 2.45) is 0 Å². The lowest BCUT2D eigenvalue weighted by Gasteiger charge is -2.15. The number of hydrogen-bond donors (Lipinski definition) is 0. The minimum Gasteiger partial charge on any atom is -0.316 e. The molecule has 0 aromatic heterocycles. The first-order valence-corrected chi connectivity index (χ1v) is 4.93. The molecule has 15 heavy (non-hydrogen) atoms. The van der Waals surface area contributed by atoms with E-state index < -0.39 is 0 Å². The molecule has 0 N–H and O–H groups in total. The van der Waals surface area contributed by atoms with Crippen LogP contribution in [0.5, 0.6) is 0 Å². The smallest absolute Gasteiger partial charge is 0.223 e. The average molecular weight is 205 g/mol. The number of Topliss-reactive ketones (excluding diaryl/α,β-unsaturated/α-hetero) is 1. The number of benzene rings is 1. The molecule has 0 saturated carbocycles. The van der Waals surface area contributed by atoms with Crippen LogP contribution in [-0.4, -0.2) is 18.7 Å². The summed E-state index contributed by atoms with van der Waals surface area (Å²) in [6.45, 7) is 3.32. The SMILES string of the molecule is CCC(=O)c1cccc(N(C)C(C)=O)c1. The monoisotopic (exact) mass is 205 g/mol. The van der Waals surface area contributed by atoms with Crippen LogP contribution in [0.15, 0.2) is 24.3 Å². The number of carbonyl (C=O) groups is 2. The second-order valence-electron chi connectivity index (χ2n) is 3.41. The second kappa shape index (κ2) is 4.73. The Morgan fingerprint density at radius 2 is 2.00 bits per heavy atom. The first-order chi connectivity index (χ1) is 7.06. The minimum absolute atomic E-state index is 0.0453. The fourth-order valence-electron chi connectivity index (χ4n) is 1.27. The van der Waals surface area contributed by atoms with Crippen molar-refractivity contribution in [3.05, 3.63) is 29.8 Å². The van der Waals surface area contributed by atoms with E-state index in [2.05, 4.69) is 0 Å². The summed E-state index contributed by atoms with van der Waals surface area (Å²) in [6, 6.07) is 7.11. The summed E-state index contributed by atoms with van der Waals surface area (Å²) >= 11 is 0. The van der Waals surface area contributed by atoms with Crippen molar-refractivity contribution in [3.63, 3.8) is 0 Å². The zero-order chi connectivity index (χ0) is 11.4. The summed E-state index contributed by atoms with van der Waals surface area (Å²) in [5.74, 6) is 0.0462. The first-order valence-electron chi connectivity index (χ1n) is 4.93. The molecule has 0 spiro atoms. The van der Waals surface area contributed by atoms with Crippen molar-refractivity contribution >= 4 is 17.4 Å². The van der Waals surface area contributed by atoms with E-state index >= 15 is 0 Å². The maximum Gasteiger partial charge on any atom is 0.223 e. The van der Waals surface area contributed by atoms with Crippen LogP contribution in [0.2, 0.25) is 0 Å². The Kier molecular flexibility index (Phi) is 3.61. The molecule has 0 heterocycles. The topological polar surface area (TPSA) is 37.4 Å². The number of ketones is 1. The van der Waals surface area contributed by atoms with Crippen LogP contribution in [0.1, 0.15) is 30.6 Å². The van der Waals surface area contributed by atoms with E-state index in [-0.39, 0.29) is 11.7 Å². The fraction of sp³-hybridized carbons (Fsp3) is 0.333. The van der Waals surface area contributed by atoms with Gasteiger partial charge in [-0.25, -0.2) is 0 Å². The largest absolute Gasteiger partial charge is 0.316 e. The molecule has 80 valence electrons. The van der Waals surface area contributed by atoms with Crippen molar-refractivity contribution in [1.82, 2.24) is 0 Å². The second-order valence-corrected chi connectivity index (χ2v) is 3.41. The predicted octanol–water partition coefficient (Wildman–Crippen LogP) is 2.26. The summed E-state index contributed by atoms with van der Waals surface area (Å²) in [6.07, 6.45) is 0.479. The van der Waals surface area contributed by atoms with Crippen molar-refractivity contribution in [2.75, 3.05) is 11.9 Å². The van der Waals surface area contributed by atoms with Gasteiger partial charge < -0.3 is 4.90 Å². The molecule has 0 aliphatic carbocycles. The van der Waals surface area contributed by atoms with Gasteiger partial charge in [-0.15, -0.1) is 0 Å². The number of carbonyl (C=O) groups excluding carboxylic acids is 2. The molecule has 0 aliphatic rings. The minimum atomic E-state index is -0.0453. The lowest BCUT2D eigenvalue weighted by Crippen LogP contribution is -2.22. The van der Waals surface area contributed by atoms with E-state index in [1.54, 1.807) is 25.2 Å². The van der Waals surface area contributed by atoms with Crippen LogP contribution < -0.4 is 4.90 Å². The molecule has 1 aromatic rings. The third-order valence-electron chi connectivity index (χ3n) is 2.35. The molecule has 1 rings (SSSR count). The van der Waals surface area contributed by atoms with Crippen LogP contribution in [0.3, 0.4) is 0 Å². The van der Waals surface area contributed by atoms with Crippen molar-refractivity contribution in [2.45, 2.75) is 20.3 Å². The van der Waals surface area contributed by atoms with Gasteiger partial charge in [0.2, 0.25) is 5.91 Å². The van der Waals surface area contributed by atoms with E-state index in [1.165, 1.54) is 11.8 Å². The molecule has 3 nitrogen and oxygen atoms in total. The Hall–Kier alpha value is -1.64. The van der Waals surface area contributed by atoms with Gasteiger partial charge in [-0.2, -0.15) is 0 Å². The van der Waals surface area contributed by atoms with Crippen LogP contribution >= 0.6 is 0 Å². The maximum absolute atomic E-state index is 11.5. The summed E-state index contributed by atoms with van der Waals surface area (Å²) in [4.78, 5) is 24.1. The van der Waals surface area contributed by atoms with Gasteiger partial charge in [-0.3, -0.25) is 9.59 Å². The quantitative estimate of drug-likeness (QED) is 0.710. The van der Waals surface area contributed by atoms with E-state index in [1.807, 2.05) is 13.0 Å². The Labute approximate surface area is 89.7 Å². The summed E-state index contributed by atoms with van der Waals surface area (Å²) in [5.41, 5.74) is 1.41. The standard InChI is InChI=1S/C12H15NO2/c1-4-12(15)10-6-5-7-11(8-10)13(3)9(2)14/h5-8H,4H2,1-3H3. The molecule has 0 unspecified atom stereocenters. The number of rotatable bonds is 3. The van der Waals surface area contributed by atoms with Gasteiger partial charge in [0.1, 0.15) is 0 Å². The third-order valence-corrected chi connectivity index (χ3v) is 2.35. The van der Waals surface area contributed by atoms with Gasteiger partial charge in [0, 0.05) is 31.6 Å². The Bertz CT molecular complexity index is 385. The number of hydrogen-bond acceptors (Lipinski definition) is 2. The molecule has 3 heteroatoms. The highest BCUT2D eigenvalue weighted by Crippen LogP contribution is 2.16. The van der Waals surface area contributed by atoms with Gasteiger partial charge in [0.05, 0.1) is 0 Å². The molecule has 1 amide bonds. The lowest BCUT2D eigenvalue weighted by atomic mass is 10.1.